The lowest BCUT2D eigenvalue weighted by atomic mass is 9.97. The minimum Gasteiger partial charge on any atom is -0.465 e. The number of nitrogens with zero attached hydrogens (tertiary/aromatic N) is 2. The molecule has 11 heteroatoms. The minimum atomic E-state index is -5.08. The van der Waals surface area contributed by atoms with Gasteiger partial charge in [-0.25, -0.2) is 4.79 Å². The quantitative estimate of drug-likeness (QED) is 0.523. The van der Waals surface area contributed by atoms with Gasteiger partial charge in [-0.2, -0.15) is 26.3 Å². The Hall–Kier alpha value is -3.24. The standard InChI is InChI=1S/C22H20F6N2O3/c1-4-14-10-29(17-7-11(2)12(3)8-18(17)30(14)20(32)33)19(31)15-9-13(21(23,24)25)5-6-16(15)22(26,27)28/h5-9,14H,4,10H2,1-3H3,(H,32,33). The Morgan fingerprint density at radius 3 is 2.03 bits per heavy atom. The van der Waals surface area contributed by atoms with Crippen molar-refractivity contribution in [3.63, 3.8) is 0 Å². The van der Waals surface area contributed by atoms with E-state index >= 15 is 0 Å². The van der Waals surface area contributed by atoms with Crippen LogP contribution in [0.15, 0.2) is 30.3 Å². The molecule has 1 unspecified atom stereocenters. The maximum absolute atomic E-state index is 13.6. The number of aryl methyl sites for hydroxylation is 2. The van der Waals surface area contributed by atoms with E-state index < -0.39 is 47.1 Å². The highest BCUT2D eigenvalue weighted by molar-refractivity contribution is 6.11. The molecule has 1 heterocycles. The van der Waals surface area contributed by atoms with E-state index in [1.54, 1.807) is 20.8 Å². The van der Waals surface area contributed by atoms with E-state index in [0.717, 1.165) is 9.80 Å². The summed E-state index contributed by atoms with van der Waals surface area (Å²) in [5.74, 6) is -1.29. The van der Waals surface area contributed by atoms with Gasteiger partial charge in [-0.15, -0.1) is 0 Å². The Labute approximate surface area is 185 Å². The van der Waals surface area contributed by atoms with Crippen molar-refractivity contribution in [2.75, 3.05) is 16.3 Å². The van der Waals surface area contributed by atoms with Crippen LogP contribution in [0.3, 0.4) is 0 Å². The van der Waals surface area contributed by atoms with Crippen LogP contribution in [0, 0.1) is 13.8 Å². The third-order valence-corrected chi connectivity index (χ3v) is 5.70. The lowest BCUT2D eigenvalue weighted by Crippen LogP contribution is -2.53. The first-order valence-electron chi connectivity index (χ1n) is 9.90. The Bertz CT molecular complexity index is 1110. The van der Waals surface area contributed by atoms with Crippen LogP contribution in [0.4, 0.5) is 42.5 Å². The van der Waals surface area contributed by atoms with Crippen LogP contribution in [0.5, 0.6) is 0 Å². The number of fused-ring (bicyclic) bond motifs is 1. The average Bonchev–Trinajstić information content (AvgIpc) is 2.71. The first-order valence-corrected chi connectivity index (χ1v) is 9.90. The number of amides is 2. The van der Waals surface area contributed by atoms with Gasteiger partial charge in [-0.3, -0.25) is 9.69 Å². The second-order valence-electron chi connectivity index (χ2n) is 7.81. The summed E-state index contributed by atoms with van der Waals surface area (Å²) in [5.41, 5.74) is -2.64. The molecule has 0 saturated carbocycles. The Kier molecular flexibility index (Phi) is 6.12. The fraction of sp³-hybridized carbons (Fsp3) is 0.364. The number of rotatable bonds is 2. The van der Waals surface area contributed by atoms with Gasteiger partial charge in [0.25, 0.3) is 5.91 Å². The maximum Gasteiger partial charge on any atom is 0.417 e. The van der Waals surface area contributed by atoms with Crippen LogP contribution in [-0.2, 0) is 12.4 Å². The monoisotopic (exact) mass is 474 g/mol. The Morgan fingerprint density at radius 1 is 0.970 bits per heavy atom. The molecule has 0 bridgehead atoms. The number of hydrogen-bond acceptors (Lipinski definition) is 2. The number of hydrogen-bond donors (Lipinski definition) is 1. The van der Waals surface area contributed by atoms with E-state index in [4.69, 9.17) is 0 Å². The van der Waals surface area contributed by atoms with Gasteiger partial charge in [0, 0.05) is 6.54 Å². The second-order valence-corrected chi connectivity index (χ2v) is 7.81. The van der Waals surface area contributed by atoms with Crippen LogP contribution >= 0.6 is 0 Å². The van der Waals surface area contributed by atoms with Gasteiger partial charge in [0.15, 0.2) is 0 Å². The molecule has 0 fully saturated rings. The second kappa shape index (κ2) is 8.27. The van der Waals surface area contributed by atoms with E-state index in [1.165, 1.54) is 12.1 Å². The maximum atomic E-state index is 13.6. The molecule has 1 N–H and O–H groups in total. The molecule has 1 aliphatic heterocycles. The highest BCUT2D eigenvalue weighted by Gasteiger charge is 2.42. The zero-order valence-corrected chi connectivity index (χ0v) is 17.8. The number of anilines is 2. The molecule has 0 aromatic heterocycles. The molecular weight excluding hydrogens is 454 g/mol. The van der Waals surface area contributed by atoms with Crippen LogP contribution in [0.1, 0.15) is 46.0 Å². The van der Waals surface area contributed by atoms with Gasteiger partial charge in [-0.05, 0) is 61.7 Å². The molecule has 0 saturated heterocycles. The largest absolute Gasteiger partial charge is 0.465 e. The number of alkyl halides is 6. The van der Waals surface area contributed by atoms with Gasteiger partial charge in [0.2, 0.25) is 0 Å². The lowest BCUT2D eigenvalue weighted by Gasteiger charge is -2.41. The molecule has 2 aromatic rings. The summed E-state index contributed by atoms with van der Waals surface area (Å²) >= 11 is 0. The molecule has 33 heavy (non-hydrogen) atoms. The number of benzene rings is 2. The number of carboxylic acid groups (broad SMARTS) is 1. The molecule has 178 valence electrons. The number of carbonyl (C=O) groups excluding carboxylic acids is 1. The molecule has 1 aliphatic rings. The number of halogens is 6. The molecular formula is C22H20F6N2O3. The van der Waals surface area contributed by atoms with Crippen molar-refractivity contribution < 1.29 is 41.0 Å². The summed E-state index contributed by atoms with van der Waals surface area (Å²) in [4.78, 5) is 27.2. The summed E-state index contributed by atoms with van der Waals surface area (Å²) in [6, 6.07) is 2.85. The van der Waals surface area contributed by atoms with Crippen molar-refractivity contribution in [3.8, 4) is 0 Å². The third-order valence-electron chi connectivity index (χ3n) is 5.70. The minimum absolute atomic E-state index is 0.0146. The molecule has 3 rings (SSSR count). The summed E-state index contributed by atoms with van der Waals surface area (Å²) < 4.78 is 80.4. The zero-order valence-electron chi connectivity index (χ0n) is 17.8. The molecule has 0 aliphatic carbocycles. The summed E-state index contributed by atoms with van der Waals surface area (Å²) in [5, 5.41) is 9.71. The fourth-order valence-corrected chi connectivity index (χ4v) is 3.84. The molecule has 0 spiro atoms. The normalized spacial score (nSPS) is 16.6. The summed E-state index contributed by atoms with van der Waals surface area (Å²) in [7, 11) is 0. The van der Waals surface area contributed by atoms with E-state index in [1.807, 2.05) is 0 Å². The van der Waals surface area contributed by atoms with Gasteiger partial charge < -0.3 is 10.0 Å². The number of carbonyl (C=O) groups is 2. The topological polar surface area (TPSA) is 60.9 Å². The molecule has 2 amide bonds. The Balaban J connectivity index is 2.25. The molecule has 1 atom stereocenters. The summed E-state index contributed by atoms with van der Waals surface area (Å²) in [6.07, 6.45) is -11.1. The van der Waals surface area contributed by atoms with Gasteiger partial charge in [0.1, 0.15) is 0 Å². The van der Waals surface area contributed by atoms with Gasteiger partial charge in [-0.1, -0.05) is 6.92 Å². The molecule has 2 aromatic carbocycles. The predicted molar refractivity (Wildman–Crippen MR) is 109 cm³/mol. The molecule has 5 nitrogen and oxygen atoms in total. The van der Waals surface area contributed by atoms with Crippen molar-refractivity contribution >= 4 is 23.4 Å². The van der Waals surface area contributed by atoms with Crippen LogP contribution < -0.4 is 9.80 Å². The van der Waals surface area contributed by atoms with Crippen LogP contribution in [-0.4, -0.2) is 29.7 Å². The highest BCUT2D eigenvalue weighted by Crippen LogP contribution is 2.42. The predicted octanol–water partition coefficient (Wildman–Crippen LogP) is 6.26. The van der Waals surface area contributed by atoms with Crippen LogP contribution in [0.25, 0.3) is 0 Å². The molecule has 0 radical (unpaired) electrons. The highest BCUT2D eigenvalue weighted by atomic mass is 19.4. The van der Waals surface area contributed by atoms with Crippen molar-refractivity contribution in [3.05, 3.63) is 58.1 Å². The third kappa shape index (κ3) is 4.49. The lowest BCUT2D eigenvalue weighted by molar-refractivity contribution is -0.141. The van der Waals surface area contributed by atoms with Crippen molar-refractivity contribution in [2.45, 2.75) is 45.6 Å². The SMILES string of the molecule is CCC1CN(C(=O)c2cc(C(F)(F)F)ccc2C(F)(F)F)c2cc(C)c(C)cc2N1C(=O)O. The van der Waals surface area contributed by atoms with Crippen molar-refractivity contribution in [1.82, 2.24) is 0 Å². The smallest absolute Gasteiger partial charge is 0.417 e. The van der Waals surface area contributed by atoms with Gasteiger partial charge >= 0.3 is 18.4 Å². The first-order chi connectivity index (χ1) is 15.2. The van der Waals surface area contributed by atoms with E-state index in [0.29, 0.717) is 11.1 Å². The zero-order chi connectivity index (χ0) is 24.9. The first kappa shape index (κ1) is 24.4. The van der Waals surface area contributed by atoms with E-state index in [-0.39, 0.29) is 42.5 Å². The van der Waals surface area contributed by atoms with Crippen molar-refractivity contribution in [1.29, 1.82) is 0 Å². The van der Waals surface area contributed by atoms with Crippen molar-refractivity contribution in [2.24, 2.45) is 0 Å². The summed E-state index contributed by atoms with van der Waals surface area (Å²) in [6.45, 7) is 4.69. The average molecular weight is 474 g/mol. The van der Waals surface area contributed by atoms with Gasteiger partial charge in [0.05, 0.1) is 34.1 Å². The van der Waals surface area contributed by atoms with E-state index in [2.05, 4.69) is 0 Å². The van der Waals surface area contributed by atoms with E-state index in [9.17, 15) is 41.0 Å². The fourth-order valence-electron chi connectivity index (χ4n) is 3.84. The Morgan fingerprint density at radius 2 is 1.55 bits per heavy atom. The van der Waals surface area contributed by atoms with Crippen LogP contribution in [0.2, 0.25) is 0 Å².